The van der Waals surface area contributed by atoms with E-state index < -0.39 is 0 Å². The van der Waals surface area contributed by atoms with Gasteiger partial charge in [-0.15, -0.1) is 16.8 Å². The Hall–Kier alpha value is -1.52. The fourth-order valence-electron chi connectivity index (χ4n) is 1.83. The predicted octanol–water partition coefficient (Wildman–Crippen LogP) is 4.28. The van der Waals surface area contributed by atoms with Gasteiger partial charge in [0.15, 0.2) is 11.0 Å². The van der Waals surface area contributed by atoms with E-state index in [0.717, 1.165) is 16.5 Å². The Balaban J connectivity index is 2.38. The van der Waals surface area contributed by atoms with Crippen molar-refractivity contribution in [2.45, 2.75) is 18.6 Å². The molecule has 2 aromatic rings. The Labute approximate surface area is 128 Å². The van der Waals surface area contributed by atoms with Crippen molar-refractivity contribution >= 4 is 23.4 Å². The number of benzene rings is 1. The molecule has 0 spiro atoms. The lowest BCUT2D eigenvalue weighted by molar-refractivity contribution is 0.731. The largest absolute Gasteiger partial charge is 0.298 e. The maximum absolute atomic E-state index is 5.81. The van der Waals surface area contributed by atoms with Crippen LogP contribution >= 0.6 is 23.4 Å². The van der Waals surface area contributed by atoms with Crippen LogP contribution in [0.4, 0.5) is 0 Å². The van der Waals surface area contributed by atoms with Gasteiger partial charge in [0.25, 0.3) is 0 Å². The monoisotopic (exact) mass is 305 g/mol. The topological polar surface area (TPSA) is 30.7 Å². The third-order valence-electron chi connectivity index (χ3n) is 2.66. The molecule has 0 aliphatic carbocycles. The van der Waals surface area contributed by atoms with Crippen LogP contribution < -0.4 is 0 Å². The molecule has 0 N–H and O–H groups in total. The standard InChI is InChI=1S/C15H16ClN3S/c1-4-8-19-14(13-7-5-6-11(2)9-13)17-18-15(19)20-10-12(3)16/h4-7,9H,1,3,8,10H2,2H3. The third kappa shape index (κ3) is 3.52. The van der Waals surface area contributed by atoms with E-state index in [2.05, 4.69) is 42.4 Å². The number of nitrogens with zero attached hydrogens (tertiary/aromatic N) is 3. The lowest BCUT2D eigenvalue weighted by atomic mass is 10.1. The number of halogens is 1. The van der Waals surface area contributed by atoms with Crippen LogP contribution in [0.2, 0.25) is 0 Å². The second-order valence-electron chi connectivity index (χ2n) is 4.38. The highest BCUT2D eigenvalue weighted by atomic mass is 35.5. The minimum atomic E-state index is 0.597. The molecule has 1 aromatic carbocycles. The summed E-state index contributed by atoms with van der Waals surface area (Å²) in [7, 11) is 0. The molecule has 1 aromatic heterocycles. The molecule has 3 nitrogen and oxygen atoms in total. The first-order valence-corrected chi connectivity index (χ1v) is 7.55. The van der Waals surface area contributed by atoms with Gasteiger partial charge in [0.1, 0.15) is 0 Å². The number of thioether (sulfide) groups is 1. The molecule has 0 unspecified atom stereocenters. The van der Waals surface area contributed by atoms with Crippen LogP contribution in [0.5, 0.6) is 0 Å². The van der Waals surface area contributed by atoms with Crippen LogP contribution in [0.25, 0.3) is 11.4 Å². The second-order valence-corrected chi connectivity index (χ2v) is 5.86. The van der Waals surface area contributed by atoms with E-state index in [-0.39, 0.29) is 0 Å². The van der Waals surface area contributed by atoms with Crippen LogP contribution in [-0.2, 0) is 6.54 Å². The molecule has 5 heteroatoms. The van der Waals surface area contributed by atoms with E-state index in [4.69, 9.17) is 11.6 Å². The van der Waals surface area contributed by atoms with Crippen molar-refractivity contribution in [3.8, 4) is 11.4 Å². The quantitative estimate of drug-likeness (QED) is 0.589. The van der Waals surface area contributed by atoms with Crippen molar-refractivity contribution < 1.29 is 0 Å². The normalized spacial score (nSPS) is 10.5. The SMILES string of the molecule is C=CCn1c(SCC(=C)Cl)nnc1-c1cccc(C)c1. The molecule has 0 amide bonds. The summed E-state index contributed by atoms with van der Waals surface area (Å²) in [5.41, 5.74) is 2.25. The fourth-order valence-corrected chi connectivity index (χ4v) is 2.69. The van der Waals surface area contributed by atoms with E-state index in [9.17, 15) is 0 Å². The van der Waals surface area contributed by atoms with Crippen molar-refractivity contribution in [2.75, 3.05) is 5.75 Å². The molecule has 104 valence electrons. The first-order valence-electron chi connectivity index (χ1n) is 6.19. The molecule has 20 heavy (non-hydrogen) atoms. The highest BCUT2D eigenvalue weighted by Gasteiger charge is 2.13. The maximum atomic E-state index is 5.81. The number of allylic oxidation sites excluding steroid dienone is 1. The predicted molar refractivity (Wildman–Crippen MR) is 86.1 cm³/mol. The first-order chi connectivity index (χ1) is 9.61. The number of aromatic nitrogens is 3. The summed E-state index contributed by atoms with van der Waals surface area (Å²) in [6.07, 6.45) is 1.84. The molecule has 0 radical (unpaired) electrons. The highest BCUT2D eigenvalue weighted by molar-refractivity contribution is 7.99. The van der Waals surface area contributed by atoms with Gasteiger partial charge in [-0.1, -0.05) is 59.8 Å². The van der Waals surface area contributed by atoms with Crippen molar-refractivity contribution in [2.24, 2.45) is 0 Å². The Morgan fingerprint density at radius 3 is 2.90 bits per heavy atom. The fraction of sp³-hybridized carbons (Fsp3) is 0.200. The zero-order valence-corrected chi connectivity index (χ0v) is 12.9. The van der Waals surface area contributed by atoms with Crippen LogP contribution in [0.1, 0.15) is 5.56 Å². The second kappa shape index (κ2) is 6.77. The average Bonchev–Trinajstić information content (AvgIpc) is 2.80. The molecule has 0 bridgehead atoms. The summed E-state index contributed by atoms with van der Waals surface area (Å²) < 4.78 is 2.03. The van der Waals surface area contributed by atoms with Gasteiger partial charge in [-0.2, -0.15) is 0 Å². The first kappa shape index (κ1) is 14.9. The summed E-state index contributed by atoms with van der Waals surface area (Å²) in [6, 6.07) is 8.21. The van der Waals surface area contributed by atoms with Crippen LogP contribution in [0, 0.1) is 6.92 Å². The zero-order valence-electron chi connectivity index (χ0n) is 11.3. The van der Waals surface area contributed by atoms with Crippen molar-refractivity contribution in [1.29, 1.82) is 0 Å². The Morgan fingerprint density at radius 1 is 1.45 bits per heavy atom. The minimum Gasteiger partial charge on any atom is -0.298 e. The summed E-state index contributed by atoms with van der Waals surface area (Å²) in [4.78, 5) is 0. The van der Waals surface area contributed by atoms with E-state index in [1.54, 1.807) is 0 Å². The van der Waals surface area contributed by atoms with Crippen molar-refractivity contribution in [3.63, 3.8) is 0 Å². The van der Waals surface area contributed by atoms with Crippen molar-refractivity contribution in [1.82, 2.24) is 14.8 Å². The lowest BCUT2D eigenvalue weighted by Gasteiger charge is -2.07. The van der Waals surface area contributed by atoms with E-state index in [1.165, 1.54) is 17.3 Å². The highest BCUT2D eigenvalue weighted by Crippen LogP contribution is 2.26. The number of hydrogen-bond acceptors (Lipinski definition) is 3. The van der Waals surface area contributed by atoms with Crippen LogP contribution in [-0.4, -0.2) is 20.5 Å². The summed E-state index contributed by atoms with van der Waals surface area (Å²) >= 11 is 7.33. The molecule has 0 saturated carbocycles. The van der Waals surface area contributed by atoms with Gasteiger partial charge < -0.3 is 0 Å². The molecule has 0 saturated heterocycles. The molecule has 0 aliphatic rings. The molecule has 1 heterocycles. The number of aryl methyl sites for hydroxylation is 1. The third-order valence-corrected chi connectivity index (χ3v) is 4.01. The summed E-state index contributed by atoms with van der Waals surface area (Å²) in [5, 5.41) is 9.96. The van der Waals surface area contributed by atoms with Gasteiger partial charge in [-0.3, -0.25) is 4.57 Å². The summed E-state index contributed by atoms with van der Waals surface area (Å²) in [6.45, 7) is 10.2. The maximum Gasteiger partial charge on any atom is 0.192 e. The van der Waals surface area contributed by atoms with Gasteiger partial charge in [0, 0.05) is 22.9 Å². The summed E-state index contributed by atoms with van der Waals surface area (Å²) in [5.74, 6) is 1.46. The van der Waals surface area contributed by atoms with Gasteiger partial charge >= 0.3 is 0 Å². The van der Waals surface area contributed by atoms with E-state index in [1.807, 2.05) is 22.8 Å². The zero-order chi connectivity index (χ0) is 14.5. The van der Waals surface area contributed by atoms with Gasteiger partial charge in [0.2, 0.25) is 0 Å². The lowest BCUT2D eigenvalue weighted by Crippen LogP contribution is -2.01. The van der Waals surface area contributed by atoms with Gasteiger partial charge in [0.05, 0.1) is 0 Å². The number of rotatable bonds is 6. The number of hydrogen-bond donors (Lipinski definition) is 0. The molecular formula is C15H16ClN3S. The van der Waals surface area contributed by atoms with E-state index in [0.29, 0.717) is 17.3 Å². The van der Waals surface area contributed by atoms with E-state index >= 15 is 0 Å². The van der Waals surface area contributed by atoms with Gasteiger partial charge in [-0.25, -0.2) is 0 Å². The Morgan fingerprint density at radius 2 is 2.25 bits per heavy atom. The Kier molecular flexibility index (Phi) is 5.04. The minimum absolute atomic E-state index is 0.597. The molecule has 2 rings (SSSR count). The van der Waals surface area contributed by atoms with Crippen LogP contribution in [0.3, 0.4) is 0 Å². The Bertz CT molecular complexity index is 634. The molecule has 0 aliphatic heterocycles. The molecule has 0 atom stereocenters. The molecular weight excluding hydrogens is 290 g/mol. The van der Waals surface area contributed by atoms with Crippen LogP contribution in [0.15, 0.2) is 53.7 Å². The van der Waals surface area contributed by atoms with Gasteiger partial charge in [-0.05, 0) is 13.0 Å². The average molecular weight is 306 g/mol. The van der Waals surface area contributed by atoms with Crippen molar-refractivity contribution in [3.05, 3.63) is 54.1 Å². The molecule has 0 fully saturated rings. The smallest absolute Gasteiger partial charge is 0.192 e.